The molecular formula is C19H16ClN3O2S. The van der Waals surface area contributed by atoms with Crippen molar-refractivity contribution in [3.05, 3.63) is 52.0 Å². The molecule has 0 N–H and O–H groups in total. The van der Waals surface area contributed by atoms with Crippen LogP contribution in [0.15, 0.2) is 36.5 Å². The molecule has 0 aliphatic carbocycles. The van der Waals surface area contributed by atoms with E-state index in [0.29, 0.717) is 26.4 Å². The molecule has 2 heterocycles. The van der Waals surface area contributed by atoms with E-state index in [0.717, 1.165) is 23.0 Å². The van der Waals surface area contributed by atoms with Crippen LogP contribution in [0.5, 0.6) is 0 Å². The van der Waals surface area contributed by atoms with Crippen molar-refractivity contribution in [2.24, 2.45) is 0 Å². The molecule has 0 atom stereocenters. The minimum atomic E-state index is -0.116. The Balaban J connectivity index is 2.08. The summed E-state index contributed by atoms with van der Waals surface area (Å²) in [5.74, 6) is 0.405. The number of rotatable bonds is 4. The average molecular weight is 386 g/mol. The lowest BCUT2D eigenvalue weighted by atomic mass is 10.1. The fourth-order valence-corrected chi connectivity index (χ4v) is 3.65. The second kappa shape index (κ2) is 7.35. The third-order valence-electron chi connectivity index (χ3n) is 3.95. The molecule has 3 rings (SSSR count). The number of pyridine rings is 1. The summed E-state index contributed by atoms with van der Waals surface area (Å²) >= 11 is 7.62. The van der Waals surface area contributed by atoms with Gasteiger partial charge in [-0.05, 0) is 30.7 Å². The second-order valence-corrected chi connectivity index (χ2v) is 7.25. The fourth-order valence-electron chi connectivity index (χ4n) is 2.44. The molecule has 0 radical (unpaired) electrons. The van der Waals surface area contributed by atoms with E-state index in [2.05, 4.69) is 9.97 Å². The van der Waals surface area contributed by atoms with Crippen molar-refractivity contribution in [3.63, 3.8) is 0 Å². The summed E-state index contributed by atoms with van der Waals surface area (Å²) in [5.41, 5.74) is 3.10. The van der Waals surface area contributed by atoms with E-state index >= 15 is 0 Å². The molecule has 132 valence electrons. The van der Waals surface area contributed by atoms with Gasteiger partial charge < -0.3 is 4.90 Å². The molecule has 0 spiro atoms. The molecule has 0 aliphatic rings. The predicted octanol–water partition coefficient (Wildman–Crippen LogP) is 4.63. The van der Waals surface area contributed by atoms with Gasteiger partial charge in [0.25, 0.3) is 0 Å². The molecule has 3 aromatic rings. The SMILES string of the molecule is CC(=O)N(C)c1cc(-c2nc(-c3ccc(C)cc3Cl)c(C=O)s2)ccn1. The summed E-state index contributed by atoms with van der Waals surface area (Å²) in [7, 11) is 1.66. The van der Waals surface area contributed by atoms with Crippen molar-refractivity contribution in [1.82, 2.24) is 9.97 Å². The molecule has 0 bridgehead atoms. The molecule has 1 amide bonds. The normalized spacial score (nSPS) is 10.6. The zero-order valence-corrected chi connectivity index (χ0v) is 16.1. The highest BCUT2D eigenvalue weighted by Crippen LogP contribution is 2.36. The van der Waals surface area contributed by atoms with Gasteiger partial charge in [0.05, 0.1) is 15.6 Å². The van der Waals surface area contributed by atoms with Crippen LogP contribution in [0.2, 0.25) is 5.02 Å². The van der Waals surface area contributed by atoms with Gasteiger partial charge in [-0.2, -0.15) is 0 Å². The highest BCUT2D eigenvalue weighted by atomic mass is 35.5. The molecule has 26 heavy (non-hydrogen) atoms. The van der Waals surface area contributed by atoms with Crippen molar-refractivity contribution in [2.75, 3.05) is 11.9 Å². The molecule has 0 saturated heterocycles. The van der Waals surface area contributed by atoms with E-state index < -0.39 is 0 Å². The Morgan fingerprint density at radius 2 is 2.04 bits per heavy atom. The number of amides is 1. The van der Waals surface area contributed by atoms with Crippen LogP contribution >= 0.6 is 22.9 Å². The maximum atomic E-state index is 11.6. The Hall–Kier alpha value is -2.57. The van der Waals surface area contributed by atoms with Crippen LogP contribution in [0.1, 0.15) is 22.2 Å². The van der Waals surface area contributed by atoms with Crippen LogP contribution in [0.3, 0.4) is 0 Å². The lowest BCUT2D eigenvalue weighted by molar-refractivity contribution is -0.116. The number of nitrogens with zero attached hydrogens (tertiary/aromatic N) is 3. The van der Waals surface area contributed by atoms with Gasteiger partial charge in [-0.3, -0.25) is 9.59 Å². The van der Waals surface area contributed by atoms with Gasteiger partial charge >= 0.3 is 0 Å². The molecule has 7 heteroatoms. The first-order valence-corrected chi connectivity index (χ1v) is 9.03. The van der Waals surface area contributed by atoms with Crippen LogP contribution in [-0.4, -0.2) is 29.2 Å². The number of aryl methyl sites for hydroxylation is 1. The molecule has 0 fully saturated rings. The van der Waals surface area contributed by atoms with Gasteiger partial charge in [-0.15, -0.1) is 11.3 Å². The van der Waals surface area contributed by atoms with E-state index in [1.807, 2.05) is 25.1 Å². The van der Waals surface area contributed by atoms with Crippen LogP contribution in [0, 0.1) is 6.92 Å². The quantitative estimate of drug-likeness (QED) is 0.614. The van der Waals surface area contributed by atoms with Gasteiger partial charge in [-0.1, -0.05) is 23.7 Å². The molecule has 0 aliphatic heterocycles. The molecular weight excluding hydrogens is 370 g/mol. The largest absolute Gasteiger partial charge is 0.300 e. The first-order valence-electron chi connectivity index (χ1n) is 7.84. The first-order chi connectivity index (χ1) is 12.4. The van der Waals surface area contributed by atoms with E-state index in [1.165, 1.54) is 23.2 Å². The molecule has 5 nitrogen and oxygen atoms in total. The van der Waals surface area contributed by atoms with Gasteiger partial charge in [0.1, 0.15) is 10.8 Å². The summed E-state index contributed by atoms with van der Waals surface area (Å²) in [6, 6.07) is 9.21. The molecule has 1 aromatic carbocycles. The van der Waals surface area contributed by atoms with E-state index in [-0.39, 0.29) is 5.91 Å². The van der Waals surface area contributed by atoms with Crippen molar-refractivity contribution in [1.29, 1.82) is 0 Å². The van der Waals surface area contributed by atoms with Crippen LogP contribution in [-0.2, 0) is 4.79 Å². The maximum Gasteiger partial charge on any atom is 0.224 e. The van der Waals surface area contributed by atoms with Gasteiger partial charge in [-0.25, -0.2) is 9.97 Å². The van der Waals surface area contributed by atoms with Crippen molar-refractivity contribution < 1.29 is 9.59 Å². The van der Waals surface area contributed by atoms with Crippen molar-refractivity contribution in [3.8, 4) is 21.8 Å². The van der Waals surface area contributed by atoms with Gasteiger partial charge in [0.15, 0.2) is 6.29 Å². The Labute approximate surface area is 160 Å². The zero-order valence-electron chi connectivity index (χ0n) is 14.5. The number of aromatic nitrogens is 2. The number of benzene rings is 1. The summed E-state index contributed by atoms with van der Waals surface area (Å²) in [6.45, 7) is 3.42. The number of hydrogen-bond donors (Lipinski definition) is 0. The highest BCUT2D eigenvalue weighted by Gasteiger charge is 2.17. The number of anilines is 1. The maximum absolute atomic E-state index is 11.6. The van der Waals surface area contributed by atoms with Crippen LogP contribution in [0.25, 0.3) is 21.8 Å². The standard InChI is InChI=1S/C19H16ClN3O2S/c1-11-4-5-14(15(20)8-11)18-16(10-24)26-19(22-18)13-6-7-21-17(9-13)23(3)12(2)25/h4-10H,1-3H3. The number of halogens is 1. The van der Waals surface area contributed by atoms with Crippen molar-refractivity contribution in [2.45, 2.75) is 13.8 Å². The summed E-state index contributed by atoms with van der Waals surface area (Å²) in [4.78, 5) is 33.9. The Morgan fingerprint density at radius 3 is 2.69 bits per heavy atom. The van der Waals surface area contributed by atoms with Crippen LogP contribution in [0.4, 0.5) is 5.82 Å². The smallest absolute Gasteiger partial charge is 0.224 e. The minimum Gasteiger partial charge on any atom is -0.300 e. The Kier molecular flexibility index (Phi) is 5.15. The lowest BCUT2D eigenvalue weighted by Crippen LogP contribution is -2.23. The number of hydrogen-bond acceptors (Lipinski definition) is 5. The highest BCUT2D eigenvalue weighted by molar-refractivity contribution is 7.17. The Bertz CT molecular complexity index is 1000. The van der Waals surface area contributed by atoms with Gasteiger partial charge in [0.2, 0.25) is 5.91 Å². The third-order valence-corrected chi connectivity index (χ3v) is 5.29. The third kappa shape index (κ3) is 3.52. The Morgan fingerprint density at radius 1 is 1.27 bits per heavy atom. The molecule has 0 unspecified atom stereocenters. The summed E-state index contributed by atoms with van der Waals surface area (Å²) < 4.78 is 0. The second-order valence-electron chi connectivity index (χ2n) is 5.81. The number of carbonyl (C=O) groups is 2. The molecule has 2 aromatic heterocycles. The molecule has 0 saturated carbocycles. The van der Waals surface area contributed by atoms with Gasteiger partial charge in [0, 0.05) is 31.3 Å². The number of aldehydes is 1. The van der Waals surface area contributed by atoms with E-state index in [4.69, 9.17) is 11.6 Å². The van der Waals surface area contributed by atoms with Crippen LogP contribution < -0.4 is 4.90 Å². The van der Waals surface area contributed by atoms with E-state index in [1.54, 1.807) is 25.4 Å². The lowest BCUT2D eigenvalue weighted by Gasteiger charge is -2.13. The van der Waals surface area contributed by atoms with E-state index in [9.17, 15) is 9.59 Å². The minimum absolute atomic E-state index is 0.116. The average Bonchev–Trinajstić information content (AvgIpc) is 3.05. The fraction of sp³-hybridized carbons (Fsp3) is 0.158. The summed E-state index contributed by atoms with van der Waals surface area (Å²) in [5, 5.41) is 1.22. The zero-order chi connectivity index (χ0) is 18.8. The topological polar surface area (TPSA) is 63.2 Å². The number of carbonyl (C=O) groups excluding carboxylic acids is 2. The first kappa shape index (κ1) is 18.2. The summed E-state index contributed by atoms with van der Waals surface area (Å²) in [6.07, 6.45) is 2.40. The number of thiazole rings is 1. The van der Waals surface area contributed by atoms with Crippen molar-refractivity contribution >= 4 is 40.9 Å². The monoisotopic (exact) mass is 385 g/mol. The predicted molar refractivity (Wildman–Crippen MR) is 105 cm³/mol.